The summed E-state index contributed by atoms with van der Waals surface area (Å²) in [5, 5.41) is 13.7. The highest BCUT2D eigenvalue weighted by Gasteiger charge is 2.21. The molecule has 0 saturated heterocycles. The highest BCUT2D eigenvalue weighted by Crippen LogP contribution is 2.31. The predicted octanol–water partition coefficient (Wildman–Crippen LogP) is 4.97. The Morgan fingerprint density at radius 3 is 2.66 bits per heavy atom. The van der Waals surface area contributed by atoms with E-state index in [9.17, 15) is 14.9 Å². The average Bonchev–Trinajstić information content (AvgIpc) is 3.14. The Morgan fingerprint density at radius 1 is 1.28 bits per heavy atom. The summed E-state index contributed by atoms with van der Waals surface area (Å²) in [5.74, 6) is 0.802. The van der Waals surface area contributed by atoms with Crippen LogP contribution in [0.25, 0.3) is 0 Å². The first-order valence-electron chi connectivity index (χ1n) is 8.68. The lowest BCUT2D eigenvalue weighted by Crippen LogP contribution is -2.27. The van der Waals surface area contributed by atoms with Crippen molar-refractivity contribution in [3.05, 3.63) is 75.3 Å². The van der Waals surface area contributed by atoms with Crippen LogP contribution in [-0.2, 0) is 10.5 Å². The Morgan fingerprint density at radius 2 is 2.03 bits per heavy atom. The van der Waals surface area contributed by atoms with Crippen molar-refractivity contribution < 1.29 is 14.5 Å². The van der Waals surface area contributed by atoms with Crippen molar-refractivity contribution in [2.24, 2.45) is 0 Å². The Bertz CT molecular complexity index is 1010. The molecule has 150 valence electrons. The van der Waals surface area contributed by atoms with Crippen molar-refractivity contribution in [1.82, 2.24) is 4.98 Å². The predicted molar refractivity (Wildman–Crippen MR) is 116 cm³/mol. The van der Waals surface area contributed by atoms with Crippen molar-refractivity contribution in [1.29, 1.82) is 0 Å². The molecule has 2 aromatic carbocycles. The number of methoxy groups -OCH3 is 1. The van der Waals surface area contributed by atoms with Crippen LogP contribution >= 0.6 is 23.1 Å². The van der Waals surface area contributed by atoms with Crippen LogP contribution in [-0.4, -0.2) is 28.7 Å². The van der Waals surface area contributed by atoms with Gasteiger partial charge in [-0.3, -0.25) is 19.8 Å². The maximum Gasteiger partial charge on any atom is 0.311 e. The molecule has 7 nitrogen and oxygen atoms in total. The van der Waals surface area contributed by atoms with Gasteiger partial charge in [0.15, 0.2) is 10.9 Å². The number of hydrogen-bond donors (Lipinski definition) is 0. The van der Waals surface area contributed by atoms with Crippen molar-refractivity contribution >= 4 is 45.5 Å². The van der Waals surface area contributed by atoms with E-state index >= 15 is 0 Å². The largest absolute Gasteiger partial charge is 0.490 e. The third kappa shape index (κ3) is 5.12. The van der Waals surface area contributed by atoms with E-state index in [1.807, 2.05) is 42.6 Å². The number of hydrogen-bond acceptors (Lipinski definition) is 7. The molecule has 3 rings (SSSR count). The number of nitro groups is 1. The number of thioether (sulfide) groups is 1. The van der Waals surface area contributed by atoms with Crippen LogP contribution in [0.5, 0.6) is 5.75 Å². The molecule has 1 aromatic heterocycles. The van der Waals surface area contributed by atoms with Gasteiger partial charge in [-0.2, -0.15) is 0 Å². The Labute approximate surface area is 176 Å². The Hall–Kier alpha value is -2.91. The minimum absolute atomic E-state index is 0.0823. The van der Waals surface area contributed by atoms with Gasteiger partial charge in [0.25, 0.3) is 0 Å². The fourth-order valence-electron chi connectivity index (χ4n) is 2.67. The van der Waals surface area contributed by atoms with Gasteiger partial charge in [0.2, 0.25) is 5.91 Å². The van der Waals surface area contributed by atoms with Crippen molar-refractivity contribution in [2.45, 2.75) is 12.7 Å². The summed E-state index contributed by atoms with van der Waals surface area (Å²) >= 11 is 2.81. The number of rotatable bonds is 8. The number of aryl methyl sites for hydroxylation is 1. The summed E-state index contributed by atoms with van der Waals surface area (Å²) < 4.78 is 5.02. The first kappa shape index (κ1) is 20.8. The number of carbonyl (C=O) groups is 1. The SMILES string of the molecule is COc1ccc(CSCC(=O)N(c2ccccc2)c2nc(C)cs2)cc1[N+](=O)[O-]. The second-order valence-electron chi connectivity index (χ2n) is 6.09. The van der Waals surface area contributed by atoms with E-state index in [0.29, 0.717) is 10.9 Å². The molecule has 1 amide bonds. The highest BCUT2D eigenvalue weighted by atomic mass is 32.2. The normalized spacial score (nSPS) is 10.6. The molecule has 0 aliphatic carbocycles. The lowest BCUT2D eigenvalue weighted by molar-refractivity contribution is -0.385. The van der Waals surface area contributed by atoms with Gasteiger partial charge in [0.1, 0.15) is 0 Å². The summed E-state index contributed by atoms with van der Waals surface area (Å²) in [6, 6.07) is 14.2. The molecule has 0 saturated carbocycles. The molecule has 3 aromatic rings. The molecule has 0 bridgehead atoms. The summed E-state index contributed by atoms with van der Waals surface area (Å²) in [7, 11) is 1.40. The van der Waals surface area contributed by atoms with Gasteiger partial charge >= 0.3 is 5.69 Å². The fourth-order valence-corrected chi connectivity index (χ4v) is 4.33. The number of benzene rings is 2. The van der Waals surface area contributed by atoms with Crippen molar-refractivity contribution in [3.63, 3.8) is 0 Å². The van der Waals surface area contributed by atoms with Crippen molar-refractivity contribution in [3.8, 4) is 5.75 Å². The molecule has 0 N–H and O–H groups in total. The highest BCUT2D eigenvalue weighted by molar-refractivity contribution is 7.99. The summed E-state index contributed by atoms with van der Waals surface area (Å²) in [6.45, 7) is 1.89. The van der Waals surface area contributed by atoms with Gasteiger partial charge in [-0.25, -0.2) is 4.98 Å². The average molecular weight is 430 g/mol. The minimum Gasteiger partial charge on any atom is -0.490 e. The van der Waals surface area contributed by atoms with Gasteiger partial charge in [0, 0.05) is 17.2 Å². The van der Waals surface area contributed by atoms with Crippen LogP contribution in [0.3, 0.4) is 0 Å². The van der Waals surface area contributed by atoms with E-state index in [2.05, 4.69) is 4.98 Å². The van der Waals surface area contributed by atoms with Crippen LogP contribution in [0.1, 0.15) is 11.3 Å². The number of para-hydroxylation sites is 1. The van der Waals surface area contributed by atoms with E-state index in [1.54, 1.807) is 17.0 Å². The lowest BCUT2D eigenvalue weighted by atomic mass is 10.2. The second kappa shape index (κ2) is 9.53. The number of carbonyl (C=O) groups excluding carboxylic acids is 1. The molecule has 0 fully saturated rings. The van der Waals surface area contributed by atoms with Crippen LogP contribution < -0.4 is 9.64 Å². The van der Waals surface area contributed by atoms with Gasteiger partial charge in [-0.15, -0.1) is 23.1 Å². The molecule has 0 spiro atoms. The van der Waals surface area contributed by atoms with Crippen LogP contribution in [0.4, 0.5) is 16.5 Å². The maximum absolute atomic E-state index is 13.0. The molecule has 29 heavy (non-hydrogen) atoms. The third-order valence-corrected chi connectivity index (χ3v) is 5.93. The zero-order valence-electron chi connectivity index (χ0n) is 15.9. The number of nitrogens with zero attached hydrogens (tertiary/aromatic N) is 3. The first-order chi connectivity index (χ1) is 14.0. The lowest BCUT2D eigenvalue weighted by Gasteiger charge is -2.20. The molecule has 0 atom stereocenters. The van der Waals surface area contributed by atoms with E-state index in [-0.39, 0.29) is 23.1 Å². The number of amides is 1. The van der Waals surface area contributed by atoms with Gasteiger partial charge in [-0.1, -0.05) is 24.3 Å². The summed E-state index contributed by atoms with van der Waals surface area (Å²) in [4.78, 5) is 29.7. The van der Waals surface area contributed by atoms with E-state index in [0.717, 1.165) is 16.9 Å². The van der Waals surface area contributed by atoms with Crippen LogP contribution in [0.2, 0.25) is 0 Å². The van der Waals surface area contributed by atoms with Crippen LogP contribution in [0, 0.1) is 17.0 Å². The van der Waals surface area contributed by atoms with E-state index < -0.39 is 4.92 Å². The summed E-state index contributed by atoms with van der Waals surface area (Å²) in [6.07, 6.45) is 0. The minimum atomic E-state index is -0.472. The zero-order chi connectivity index (χ0) is 20.8. The fraction of sp³-hybridized carbons (Fsp3) is 0.200. The molecule has 1 heterocycles. The third-order valence-electron chi connectivity index (χ3n) is 4.00. The topological polar surface area (TPSA) is 85.6 Å². The molecule has 0 aliphatic heterocycles. The Kier molecular flexibility index (Phi) is 6.84. The first-order valence-corrected chi connectivity index (χ1v) is 10.7. The van der Waals surface area contributed by atoms with Crippen LogP contribution in [0.15, 0.2) is 53.9 Å². The summed E-state index contributed by atoms with van der Waals surface area (Å²) in [5.41, 5.74) is 2.29. The molecule has 0 radical (unpaired) electrons. The molecule has 9 heteroatoms. The van der Waals surface area contributed by atoms with E-state index in [1.165, 1.54) is 36.3 Å². The monoisotopic (exact) mass is 429 g/mol. The number of ether oxygens (including phenoxy) is 1. The number of anilines is 2. The standard InChI is InChI=1S/C20H19N3O4S2/c1-14-11-29-20(21-14)22(16-6-4-3-5-7-16)19(24)13-28-12-15-8-9-18(27-2)17(10-15)23(25)26/h3-11H,12-13H2,1-2H3. The van der Waals surface area contributed by atoms with Gasteiger partial charge in [0.05, 0.1) is 29.2 Å². The van der Waals surface area contributed by atoms with E-state index in [4.69, 9.17) is 4.74 Å². The second-order valence-corrected chi connectivity index (χ2v) is 7.91. The van der Waals surface area contributed by atoms with Gasteiger partial charge < -0.3 is 4.74 Å². The molecular weight excluding hydrogens is 410 g/mol. The number of nitro benzene ring substituents is 1. The quantitative estimate of drug-likeness (QED) is 0.371. The number of aromatic nitrogens is 1. The zero-order valence-corrected chi connectivity index (χ0v) is 17.5. The Balaban J connectivity index is 1.71. The molecule has 0 unspecified atom stereocenters. The molecule has 0 aliphatic rings. The number of thiazole rings is 1. The smallest absolute Gasteiger partial charge is 0.311 e. The molecular formula is C20H19N3O4S2. The van der Waals surface area contributed by atoms with Gasteiger partial charge in [-0.05, 0) is 30.7 Å². The van der Waals surface area contributed by atoms with Crippen molar-refractivity contribution in [2.75, 3.05) is 17.8 Å². The maximum atomic E-state index is 13.0.